The molecule has 21 heavy (non-hydrogen) atoms. The van der Waals surface area contributed by atoms with Crippen molar-refractivity contribution in [1.82, 2.24) is 4.98 Å². The van der Waals surface area contributed by atoms with Crippen LogP contribution in [0.1, 0.15) is 20.0 Å². The Morgan fingerprint density at radius 1 is 1.14 bits per heavy atom. The number of carbonyl (C=O) groups is 2. The Morgan fingerprint density at radius 3 is 2.76 bits per heavy atom. The lowest BCUT2D eigenvalue weighted by Gasteiger charge is -2.07. The van der Waals surface area contributed by atoms with Gasteiger partial charge in [-0.1, -0.05) is 18.2 Å². The number of hydrogen-bond acceptors (Lipinski definition) is 4. The summed E-state index contributed by atoms with van der Waals surface area (Å²) in [6.07, 6.45) is 1.62. The number of thiophene rings is 1. The molecule has 0 atom stereocenters. The lowest BCUT2D eigenvalue weighted by Crippen LogP contribution is -2.14. The normalized spacial score (nSPS) is 10.5. The van der Waals surface area contributed by atoms with E-state index in [-0.39, 0.29) is 10.8 Å². The highest BCUT2D eigenvalue weighted by Crippen LogP contribution is 2.24. The van der Waals surface area contributed by atoms with Crippen LogP contribution in [-0.2, 0) is 0 Å². The molecule has 0 spiro atoms. The summed E-state index contributed by atoms with van der Waals surface area (Å²) in [5, 5.41) is 14.2. The third-order valence-electron chi connectivity index (χ3n) is 2.99. The Balaban J connectivity index is 1.98. The Kier molecular flexibility index (Phi) is 3.37. The van der Waals surface area contributed by atoms with Crippen LogP contribution in [0.3, 0.4) is 0 Å². The molecule has 2 N–H and O–H groups in total. The molecule has 0 aliphatic rings. The molecule has 0 bridgehead atoms. The van der Waals surface area contributed by atoms with Crippen molar-refractivity contribution >= 4 is 39.8 Å². The summed E-state index contributed by atoms with van der Waals surface area (Å²) in [7, 11) is 0. The van der Waals surface area contributed by atoms with Crippen molar-refractivity contribution in [3.63, 3.8) is 0 Å². The van der Waals surface area contributed by atoms with Crippen LogP contribution in [0, 0.1) is 0 Å². The number of benzene rings is 1. The predicted octanol–water partition coefficient (Wildman–Crippen LogP) is 3.25. The number of amides is 1. The number of carbonyl (C=O) groups excluding carboxylic acids is 1. The van der Waals surface area contributed by atoms with Gasteiger partial charge in [-0.25, -0.2) is 4.79 Å². The average molecular weight is 298 g/mol. The quantitative estimate of drug-likeness (QED) is 0.778. The lowest BCUT2D eigenvalue weighted by atomic mass is 10.1. The molecule has 3 rings (SSSR count). The van der Waals surface area contributed by atoms with Crippen LogP contribution >= 0.6 is 11.3 Å². The molecule has 0 unspecified atom stereocenters. The molecule has 2 aromatic heterocycles. The summed E-state index contributed by atoms with van der Waals surface area (Å²) >= 11 is 1.07. The van der Waals surface area contributed by atoms with E-state index in [0.29, 0.717) is 16.8 Å². The summed E-state index contributed by atoms with van der Waals surface area (Å²) in [5.74, 6) is -1.43. The Morgan fingerprint density at radius 2 is 1.95 bits per heavy atom. The average Bonchev–Trinajstić information content (AvgIpc) is 2.95. The Bertz CT molecular complexity index is 836. The number of rotatable bonds is 3. The highest BCUT2D eigenvalue weighted by Gasteiger charge is 2.16. The molecule has 1 aromatic carbocycles. The maximum atomic E-state index is 12.4. The smallest absolute Gasteiger partial charge is 0.348 e. The summed E-state index contributed by atoms with van der Waals surface area (Å²) < 4.78 is 0. The highest BCUT2D eigenvalue weighted by atomic mass is 32.1. The summed E-state index contributed by atoms with van der Waals surface area (Å²) in [6.45, 7) is 0. The van der Waals surface area contributed by atoms with Crippen molar-refractivity contribution in [3.8, 4) is 0 Å². The van der Waals surface area contributed by atoms with Gasteiger partial charge in [-0.05, 0) is 23.6 Å². The first-order valence-electron chi connectivity index (χ1n) is 6.12. The number of fused-ring (bicyclic) bond motifs is 1. The minimum atomic E-state index is -1.06. The van der Waals surface area contributed by atoms with Gasteiger partial charge in [-0.15, -0.1) is 11.3 Å². The molecule has 104 valence electrons. The predicted molar refractivity (Wildman–Crippen MR) is 81.0 cm³/mol. The molecule has 0 saturated heterocycles. The van der Waals surface area contributed by atoms with Gasteiger partial charge in [0.1, 0.15) is 4.88 Å². The van der Waals surface area contributed by atoms with Gasteiger partial charge in [0.05, 0.1) is 16.8 Å². The minimum Gasteiger partial charge on any atom is -0.477 e. The number of pyridine rings is 1. The number of aromatic carboxylic acids is 1. The maximum Gasteiger partial charge on any atom is 0.348 e. The zero-order valence-electron chi connectivity index (χ0n) is 10.7. The van der Waals surface area contributed by atoms with Gasteiger partial charge in [-0.3, -0.25) is 9.78 Å². The number of aromatic nitrogens is 1. The van der Waals surface area contributed by atoms with E-state index in [4.69, 9.17) is 5.11 Å². The number of carboxylic acids is 1. The zero-order valence-corrected chi connectivity index (χ0v) is 11.6. The van der Waals surface area contributed by atoms with E-state index in [0.717, 1.165) is 16.7 Å². The molecule has 5 nitrogen and oxygen atoms in total. The third kappa shape index (κ3) is 2.48. The van der Waals surface area contributed by atoms with Crippen LogP contribution < -0.4 is 5.32 Å². The molecule has 0 saturated carbocycles. The Labute approximate surface area is 123 Å². The molecule has 1 amide bonds. The fourth-order valence-corrected chi connectivity index (χ4v) is 2.74. The van der Waals surface area contributed by atoms with Crippen molar-refractivity contribution in [2.75, 3.05) is 5.32 Å². The van der Waals surface area contributed by atoms with Crippen molar-refractivity contribution in [3.05, 3.63) is 58.4 Å². The number of carboxylic acid groups (broad SMARTS) is 1. The second kappa shape index (κ2) is 5.34. The molecular weight excluding hydrogens is 288 g/mol. The van der Waals surface area contributed by atoms with E-state index in [1.165, 1.54) is 0 Å². The molecular formula is C15H10N2O3S. The molecule has 3 aromatic rings. The lowest BCUT2D eigenvalue weighted by molar-refractivity contribution is 0.0703. The van der Waals surface area contributed by atoms with Gasteiger partial charge in [0.15, 0.2) is 0 Å². The second-order valence-electron chi connectivity index (χ2n) is 4.30. The Hall–Kier alpha value is -2.73. The number of nitrogens with zero attached hydrogens (tertiary/aromatic N) is 1. The molecule has 2 heterocycles. The number of hydrogen-bond donors (Lipinski definition) is 2. The summed E-state index contributed by atoms with van der Waals surface area (Å²) in [5.41, 5.74) is 1.30. The first-order chi connectivity index (χ1) is 10.2. The summed E-state index contributed by atoms with van der Waals surface area (Å²) in [6, 6.07) is 10.5. The number of para-hydroxylation sites is 1. The van der Waals surface area contributed by atoms with E-state index in [1.807, 2.05) is 12.1 Å². The monoisotopic (exact) mass is 298 g/mol. The van der Waals surface area contributed by atoms with Crippen LogP contribution in [-0.4, -0.2) is 22.0 Å². The molecule has 6 heteroatoms. The van der Waals surface area contributed by atoms with E-state index >= 15 is 0 Å². The van der Waals surface area contributed by atoms with Gasteiger partial charge in [0.2, 0.25) is 0 Å². The van der Waals surface area contributed by atoms with Crippen molar-refractivity contribution < 1.29 is 14.7 Å². The molecule has 0 fully saturated rings. The van der Waals surface area contributed by atoms with Crippen molar-refractivity contribution in [2.24, 2.45) is 0 Å². The number of anilines is 1. The van der Waals surface area contributed by atoms with Crippen LogP contribution in [0.25, 0.3) is 10.9 Å². The third-order valence-corrected chi connectivity index (χ3v) is 3.89. The van der Waals surface area contributed by atoms with E-state index in [9.17, 15) is 9.59 Å². The largest absolute Gasteiger partial charge is 0.477 e. The van der Waals surface area contributed by atoms with Gasteiger partial charge in [0, 0.05) is 11.6 Å². The van der Waals surface area contributed by atoms with Crippen LogP contribution in [0.4, 0.5) is 5.69 Å². The van der Waals surface area contributed by atoms with E-state index in [2.05, 4.69) is 10.3 Å². The minimum absolute atomic E-state index is 0.108. The topological polar surface area (TPSA) is 79.3 Å². The molecule has 0 radical (unpaired) electrons. The zero-order chi connectivity index (χ0) is 14.8. The molecule has 0 aliphatic heterocycles. The fraction of sp³-hybridized carbons (Fsp3) is 0. The highest BCUT2D eigenvalue weighted by molar-refractivity contribution is 7.12. The first kappa shape index (κ1) is 13.3. The van der Waals surface area contributed by atoms with Gasteiger partial charge in [-0.2, -0.15) is 0 Å². The van der Waals surface area contributed by atoms with Gasteiger partial charge >= 0.3 is 5.97 Å². The van der Waals surface area contributed by atoms with Crippen LogP contribution in [0.5, 0.6) is 0 Å². The van der Waals surface area contributed by atoms with Crippen molar-refractivity contribution in [1.29, 1.82) is 0 Å². The first-order valence-corrected chi connectivity index (χ1v) is 7.00. The molecule has 0 aliphatic carbocycles. The van der Waals surface area contributed by atoms with Crippen LogP contribution in [0.15, 0.2) is 48.0 Å². The second-order valence-corrected chi connectivity index (χ2v) is 5.22. The SMILES string of the molecule is O=C(O)c1sccc1NC(=O)c1cccc2cccnc12. The summed E-state index contributed by atoms with van der Waals surface area (Å²) in [4.78, 5) is 27.7. The van der Waals surface area contributed by atoms with Gasteiger partial charge < -0.3 is 10.4 Å². The standard InChI is InChI=1S/C15H10N2O3S/c18-14(17-11-6-8-21-13(11)15(19)20)10-5-1-3-9-4-2-7-16-12(9)10/h1-8H,(H,17,18)(H,19,20). The van der Waals surface area contributed by atoms with Crippen molar-refractivity contribution in [2.45, 2.75) is 0 Å². The number of nitrogens with one attached hydrogen (secondary N) is 1. The fourth-order valence-electron chi connectivity index (χ4n) is 2.05. The van der Waals surface area contributed by atoms with E-state index < -0.39 is 5.97 Å². The van der Waals surface area contributed by atoms with Crippen LogP contribution in [0.2, 0.25) is 0 Å². The maximum absolute atomic E-state index is 12.4. The van der Waals surface area contributed by atoms with Gasteiger partial charge in [0.25, 0.3) is 5.91 Å². The van der Waals surface area contributed by atoms with E-state index in [1.54, 1.807) is 35.8 Å².